The molecule has 1 rings (SSSR count). The van der Waals surface area contributed by atoms with Gasteiger partial charge in [-0.15, -0.1) is 0 Å². The molecule has 3 heteroatoms. The number of ether oxygens (including phenoxy) is 1. The normalized spacial score (nSPS) is 10.9. The van der Waals surface area contributed by atoms with Gasteiger partial charge in [-0.05, 0) is 38.4 Å². The highest BCUT2D eigenvalue weighted by Gasteiger charge is 2.10. The lowest BCUT2D eigenvalue weighted by Crippen LogP contribution is -2.13. The number of aromatic nitrogens is 1. The first kappa shape index (κ1) is 13.0. The number of nitrogens with zero attached hydrogens (tertiary/aromatic N) is 1. The Morgan fingerprint density at radius 2 is 2.06 bits per heavy atom. The Balaban J connectivity index is 2.94. The van der Waals surface area contributed by atoms with Crippen LogP contribution in [0.2, 0.25) is 0 Å². The molecule has 0 fully saturated rings. The van der Waals surface area contributed by atoms with Crippen LogP contribution in [0.4, 0.5) is 0 Å². The molecule has 16 heavy (non-hydrogen) atoms. The summed E-state index contributed by atoms with van der Waals surface area (Å²) in [6.45, 7) is 9.89. The first-order valence-electron chi connectivity index (χ1n) is 5.79. The van der Waals surface area contributed by atoms with E-state index in [4.69, 9.17) is 4.74 Å². The zero-order valence-corrected chi connectivity index (χ0v) is 10.9. The zero-order valence-electron chi connectivity index (χ0n) is 10.9. The smallest absolute Gasteiger partial charge is 0.218 e. The number of aryl methyl sites for hydroxylation is 2. The minimum atomic E-state index is 0.519. The van der Waals surface area contributed by atoms with Crippen LogP contribution in [-0.4, -0.2) is 18.6 Å². The molecule has 0 spiro atoms. The fourth-order valence-corrected chi connectivity index (χ4v) is 1.59. The fraction of sp³-hybridized carbons (Fsp3) is 0.615. The highest BCUT2D eigenvalue weighted by Crippen LogP contribution is 2.21. The third kappa shape index (κ3) is 3.49. The van der Waals surface area contributed by atoms with Crippen LogP contribution in [-0.2, 0) is 6.54 Å². The molecule has 3 nitrogen and oxygen atoms in total. The van der Waals surface area contributed by atoms with Crippen molar-refractivity contribution in [1.29, 1.82) is 0 Å². The number of hydrogen-bond donors (Lipinski definition) is 1. The Hall–Kier alpha value is -1.09. The predicted molar refractivity (Wildman–Crippen MR) is 66.8 cm³/mol. The van der Waals surface area contributed by atoms with E-state index in [1.54, 1.807) is 0 Å². The van der Waals surface area contributed by atoms with Crippen molar-refractivity contribution in [2.75, 3.05) is 13.7 Å². The van der Waals surface area contributed by atoms with Crippen LogP contribution in [0.5, 0.6) is 5.88 Å². The summed E-state index contributed by atoms with van der Waals surface area (Å²) in [6, 6.07) is 2.09. The van der Waals surface area contributed by atoms with Crippen LogP contribution in [0.3, 0.4) is 0 Å². The third-order valence-corrected chi connectivity index (χ3v) is 2.34. The Bertz CT molecular complexity index is 348. The molecule has 0 aliphatic rings. The largest absolute Gasteiger partial charge is 0.477 e. The van der Waals surface area contributed by atoms with E-state index in [1.807, 2.05) is 14.0 Å². The summed E-state index contributed by atoms with van der Waals surface area (Å²) >= 11 is 0. The van der Waals surface area contributed by atoms with Gasteiger partial charge in [-0.1, -0.05) is 13.8 Å². The fourth-order valence-electron chi connectivity index (χ4n) is 1.59. The molecule has 1 aromatic rings. The van der Waals surface area contributed by atoms with Crippen LogP contribution < -0.4 is 10.1 Å². The molecular formula is C13H22N2O. The molecule has 0 aliphatic heterocycles. The summed E-state index contributed by atoms with van der Waals surface area (Å²) in [7, 11) is 1.94. The molecule has 0 saturated carbocycles. The average Bonchev–Trinajstić information content (AvgIpc) is 2.19. The molecule has 0 amide bonds. The second-order valence-electron chi connectivity index (χ2n) is 4.60. The summed E-state index contributed by atoms with van der Waals surface area (Å²) in [5.74, 6) is 1.30. The molecule has 0 unspecified atom stereocenters. The summed E-state index contributed by atoms with van der Waals surface area (Å²) in [5.41, 5.74) is 3.41. The summed E-state index contributed by atoms with van der Waals surface area (Å²) in [4.78, 5) is 4.46. The molecule has 0 bridgehead atoms. The van der Waals surface area contributed by atoms with Gasteiger partial charge in [-0.3, -0.25) is 0 Å². The van der Waals surface area contributed by atoms with Gasteiger partial charge in [0.25, 0.3) is 0 Å². The highest BCUT2D eigenvalue weighted by atomic mass is 16.5. The third-order valence-electron chi connectivity index (χ3n) is 2.34. The van der Waals surface area contributed by atoms with Gasteiger partial charge in [-0.2, -0.15) is 0 Å². The summed E-state index contributed by atoms with van der Waals surface area (Å²) in [5, 5.41) is 3.15. The summed E-state index contributed by atoms with van der Waals surface area (Å²) < 4.78 is 5.76. The van der Waals surface area contributed by atoms with E-state index in [0.717, 1.165) is 23.7 Å². The SMILES string of the molecule is CNCc1c(C)cc(C)nc1OCC(C)C. The Morgan fingerprint density at radius 1 is 1.38 bits per heavy atom. The molecule has 0 radical (unpaired) electrons. The molecule has 0 aromatic carbocycles. The van der Waals surface area contributed by atoms with Crippen molar-refractivity contribution in [3.05, 3.63) is 22.9 Å². The van der Waals surface area contributed by atoms with Crippen LogP contribution in [0.15, 0.2) is 6.07 Å². The van der Waals surface area contributed by atoms with Gasteiger partial charge < -0.3 is 10.1 Å². The minimum absolute atomic E-state index is 0.519. The molecule has 90 valence electrons. The van der Waals surface area contributed by atoms with Crippen molar-refractivity contribution in [2.24, 2.45) is 5.92 Å². The number of hydrogen-bond acceptors (Lipinski definition) is 3. The standard InChI is InChI=1S/C13H22N2O/c1-9(2)8-16-13-12(7-14-5)10(3)6-11(4)15-13/h6,9,14H,7-8H2,1-5H3. The number of pyridine rings is 1. The van der Waals surface area contributed by atoms with E-state index < -0.39 is 0 Å². The lowest BCUT2D eigenvalue weighted by atomic mass is 10.1. The summed E-state index contributed by atoms with van der Waals surface area (Å²) in [6.07, 6.45) is 0. The Labute approximate surface area is 98.2 Å². The average molecular weight is 222 g/mol. The quantitative estimate of drug-likeness (QED) is 0.831. The number of rotatable bonds is 5. The van der Waals surface area contributed by atoms with Gasteiger partial charge in [0.15, 0.2) is 0 Å². The molecule has 0 saturated heterocycles. The second-order valence-corrected chi connectivity index (χ2v) is 4.60. The maximum absolute atomic E-state index is 5.76. The first-order chi connectivity index (χ1) is 7.54. The lowest BCUT2D eigenvalue weighted by Gasteiger charge is -2.14. The van der Waals surface area contributed by atoms with Gasteiger partial charge in [0, 0.05) is 17.8 Å². The van der Waals surface area contributed by atoms with Crippen molar-refractivity contribution in [3.63, 3.8) is 0 Å². The minimum Gasteiger partial charge on any atom is -0.477 e. The monoisotopic (exact) mass is 222 g/mol. The van der Waals surface area contributed by atoms with Crippen molar-refractivity contribution in [3.8, 4) is 5.88 Å². The van der Waals surface area contributed by atoms with Crippen LogP contribution >= 0.6 is 0 Å². The Kier molecular flexibility index (Phi) is 4.74. The van der Waals surface area contributed by atoms with Crippen molar-refractivity contribution in [2.45, 2.75) is 34.2 Å². The maximum atomic E-state index is 5.76. The zero-order chi connectivity index (χ0) is 12.1. The molecular weight excluding hydrogens is 200 g/mol. The maximum Gasteiger partial charge on any atom is 0.218 e. The first-order valence-corrected chi connectivity index (χ1v) is 5.79. The van der Waals surface area contributed by atoms with Gasteiger partial charge in [0.1, 0.15) is 0 Å². The van der Waals surface area contributed by atoms with E-state index in [-0.39, 0.29) is 0 Å². The Morgan fingerprint density at radius 3 is 2.62 bits per heavy atom. The van der Waals surface area contributed by atoms with E-state index in [9.17, 15) is 0 Å². The van der Waals surface area contributed by atoms with Gasteiger partial charge in [0.05, 0.1) is 6.61 Å². The van der Waals surface area contributed by atoms with Crippen molar-refractivity contribution >= 4 is 0 Å². The highest BCUT2D eigenvalue weighted by molar-refractivity contribution is 5.35. The van der Waals surface area contributed by atoms with Crippen molar-refractivity contribution < 1.29 is 4.74 Å². The number of nitrogens with one attached hydrogen (secondary N) is 1. The van der Waals surface area contributed by atoms with Gasteiger partial charge >= 0.3 is 0 Å². The van der Waals surface area contributed by atoms with E-state index in [1.165, 1.54) is 5.56 Å². The van der Waals surface area contributed by atoms with Crippen LogP contribution in [0.25, 0.3) is 0 Å². The lowest BCUT2D eigenvalue weighted by molar-refractivity contribution is 0.257. The molecule has 0 atom stereocenters. The van der Waals surface area contributed by atoms with Crippen molar-refractivity contribution in [1.82, 2.24) is 10.3 Å². The van der Waals surface area contributed by atoms with Crippen LogP contribution in [0, 0.1) is 19.8 Å². The molecule has 1 N–H and O–H groups in total. The van der Waals surface area contributed by atoms with E-state index >= 15 is 0 Å². The van der Waals surface area contributed by atoms with Crippen LogP contribution in [0.1, 0.15) is 30.7 Å². The van der Waals surface area contributed by atoms with Gasteiger partial charge in [0.2, 0.25) is 5.88 Å². The molecule has 1 heterocycles. The second kappa shape index (κ2) is 5.85. The van der Waals surface area contributed by atoms with E-state index in [2.05, 4.69) is 37.1 Å². The molecule has 1 aromatic heterocycles. The van der Waals surface area contributed by atoms with E-state index in [0.29, 0.717) is 12.5 Å². The predicted octanol–water partition coefficient (Wildman–Crippen LogP) is 2.45. The topological polar surface area (TPSA) is 34.2 Å². The van der Waals surface area contributed by atoms with Gasteiger partial charge in [-0.25, -0.2) is 4.98 Å². The molecule has 0 aliphatic carbocycles.